The van der Waals surface area contributed by atoms with Crippen molar-refractivity contribution in [2.45, 2.75) is 31.6 Å². The lowest BCUT2D eigenvalue weighted by molar-refractivity contribution is 0.414. The molecule has 1 aliphatic rings. The van der Waals surface area contributed by atoms with Gasteiger partial charge >= 0.3 is 0 Å². The largest absolute Gasteiger partial charge is 0.497 e. The van der Waals surface area contributed by atoms with Gasteiger partial charge in [0.1, 0.15) is 5.75 Å². The van der Waals surface area contributed by atoms with Crippen molar-refractivity contribution in [3.05, 3.63) is 29.3 Å². The monoisotopic (exact) mass is 249 g/mol. The van der Waals surface area contributed by atoms with Crippen LogP contribution < -0.4 is 9.64 Å². The van der Waals surface area contributed by atoms with E-state index in [9.17, 15) is 0 Å². The number of methoxy groups -OCH3 is 1. The van der Waals surface area contributed by atoms with Crippen LogP contribution in [-0.4, -0.2) is 13.7 Å². The maximum atomic E-state index is 5.29. The van der Waals surface area contributed by atoms with Gasteiger partial charge in [0, 0.05) is 17.5 Å². The number of benzene rings is 1. The third-order valence-corrected chi connectivity index (χ3v) is 4.02. The fraction of sp³-hybridized carbons (Fsp3) is 0.429. The molecule has 17 heavy (non-hydrogen) atoms. The molecule has 0 aromatic heterocycles. The van der Waals surface area contributed by atoms with E-state index in [2.05, 4.69) is 37.0 Å². The van der Waals surface area contributed by atoms with Crippen LogP contribution in [0, 0.1) is 0 Å². The fourth-order valence-corrected chi connectivity index (χ4v) is 3.13. The normalized spacial score (nSPS) is 16.4. The van der Waals surface area contributed by atoms with Crippen molar-refractivity contribution in [3.63, 3.8) is 0 Å². The summed E-state index contributed by atoms with van der Waals surface area (Å²) in [6, 6.07) is 6.30. The molecular formula is C14H19NOS. The molecule has 1 heterocycles. The Balaban J connectivity index is 2.32. The number of hydrogen-bond donors (Lipinski definition) is 0. The first-order valence-electron chi connectivity index (χ1n) is 6.13. The molecule has 0 atom stereocenters. The van der Waals surface area contributed by atoms with E-state index in [4.69, 9.17) is 4.74 Å². The SMILES string of the molecule is CCC/C=C1\Sc2ccc(OC)cc2N1CC. The minimum absolute atomic E-state index is 0.930. The summed E-state index contributed by atoms with van der Waals surface area (Å²) < 4.78 is 5.29. The first-order chi connectivity index (χ1) is 8.30. The lowest BCUT2D eigenvalue weighted by atomic mass is 10.2. The van der Waals surface area contributed by atoms with Gasteiger partial charge in [-0.3, -0.25) is 0 Å². The second-order valence-electron chi connectivity index (χ2n) is 4.01. The molecule has 92 valence electrons. The van der Waals surface area contributed by atoms with E-state index < -0.39 is 0 Å². The minimum Gasteiger partial charge on any atom is -0.497 e. The molecule has 0 saturated carbocycles. The van der Waals surface area contributed by atoms with Crippen LogP contribution in [0.15, 0.2) is 34.2 Å². The number of allylic oxidation sites excluding steroid dienone is 1. The highest BCUT2D eigenvalue weighted by atomic mass is 32.2. The van der Waals surface area contributed by atoms with E-state index in [0.29, 0.717) is 0 Å². The summed E-state index contributed by atoms with van der Waals surface area (Å²) in [6.45, 7) is 5.40. The molecule has 0 aliphatic carbocycles. The van der Waals surface area contributed by atoms with E-state index in [1.54, 1.807) is 7.11 Å². The number of thioether (sulfide) groups is 1. The van der Waals surface area contributed by atoms with Crippen LogP contribution in [0.3, 0.4) is 0 Å². The summed E-state index contributed by atoms with van der Waals surface area (Å²) in [7, 11) is 1.72. The zero-order valence-electron chi connectivity index (χ0n) is 10.7. The molecule has 2 nitrogen and oxygen atoms in total. The molecule has 3 heteroatoms. The summed E-state index contributed by atoms with van der Waals surface area (Å²) in [4.78, 5) is 3.69. The molecule has 0 spiro atoms. The average Bonchev–Trinajstić information content (AvgIpc) is 2.72. The second-order valence-corrected chi connectivity index (χ2v) is 5.07. The van der Waals surface area contributed by atoms with E-state index in [1.165, 1.54) is 22.0 Å². The van der Waals surface area contributed by atoms with Gasteiger partial charge < -0.3 is 9.64 Å². The molecule has 0 unspecified atom stereocenters. The number of anilines is 1. The van der Waals surface area contributed by atoms with Gasteiger partial charge in [0.05, 0.1) is 17.8 Å². The molecule has 0 amide bonds. The Kier molecular flexibility index (Phi) is 4.00. The smallest absolute Gasteiger partial charge is 0.121 e. The predicted molar refractivity (Wildman–Crippen MR) is 74.9 cm³/mol. The quantitative estimate of drug-likeness (QED) is 0.790. The van der Waals surface area contributed by atoms with Crippen LogP contribution in [0.2, 0.25) is 0 Å². The van der Waals surface area contributed by atoms with E-state index in [-0.39, 0.29) is 0 Å². The summed E-state index contributed by atoms with van der Waals surface area (Å²) in [6.07, 6.45) is 4.67. The van der Waals surface area contributed by atoms with Gasteiger partial charge in [0.15, 0.2) is 0 Å². The fourth-order valence-electron chi connectivity index (χ4n) is 1.95. The third kappa shape index (κ3) is 2.44. The highest BCUT2D eigenvalue weighted by Gasteiger charge is 2.23. The zero-order chi connectivity index (χ0) is 12.3. The minimum atomic E-state index is 0.930. The summed E-state index contributed by atoms with van der Waals surface area (Å²) >= 11 is 1.86. The highest BCUT2D eigenvalue weighted by Crippen LogP contribution is 2.47. The van der Waals surface area contributed by atoms with Gasteiger partial charge in [0.2, 0.25) is 0 Å². The first kappa shape index (κ1) is 12.4. The van der Waals surface area contributed by atoms with Crippen molar-refractivity contribution in [1.82, 2.24) is 0 Å². The molecule has 0 fully saturated rings. The van der Waals surface area contributed by atoms with Gasteiger partial charge in [0.25, 0.3) is 0 Å². The highest BCUT2D eigenvalue weighted by molar-refractivity contribution is 8.03. The third-order valence-electron chi connectivity index (χ3n) is 2.86. The van der Waals surface area contributed by atoms with Crippen molar-refractivity contribution in [1.29, 1.82) is 0 Å². The van der Waals surface area contributed by atoms with Gasteiger partial charge in [-0.05, 0) is 25.5 Å². The Hall–Kier alpha value is -1.09. The Morgan fingerprint density at radius 2 is 2.18 bits per heavy atom. The first-order valence-corrected chi connectivity index (χ1v) is 6.95. The molecule has 0 radical (unpaired) electrons. The van der Waals surface area contributed by atoms with Crippen LogP contribution in [0.25, 0.3) is 0 Å². The van der Waals surface area contributed by atoms with Crippen molar-refractivity contribution in [3.8, 4) is 5.75 Å². The van der Waals surface area contributed by atoms with Crippen LogP contribution in [0.1, 0.15) is 26.7 Å². The number of nitrogens with zero attached hydrogens (tertiary/aromatic N) is 1. The molecule has 2 rings (SSSR count). The number of rotatable bonds is 4. The van der Waals surface area contributed by atoms with E-state index in [0.717, 1.165) is 18.7 Å². The van der Waals surface area contributed by atoms with Crippen molar-refractivity contribution in [2.75, 3.05) is 18.6 Å². The lowest BCUT2D eigenvalue weighted by Gasteiger charge is -2.18. The van der Waals surface area contributed by atoms with Crippen molar-refractivity contribution in [2.24, 2.45) is 0 Å². The lowest BCUT2D eigenvalue weighted by Crippen LogP contribution is -2.16. The van der Waals surface area contributed by atoms with Crippen molar-refractivity contribution >= 4 is 17.4 Å². The zero-order valence-corrected chi connectivity index (χ0v) is 11.5. The van der Waals surface area contributed by atoms with Crippen LogP contribution in [-0.2, 0) is 0 Å². The number of ether oxygens (including phenoxy) is 1. The van der Waals surface area contributed by atoms with Gasteiger partial charge in [-0.1, -0.05) is 31.2 Å². The number of hydrogen-bond acceptors (Lipinski definition) is 3. The van der Waals surface area contributed by atoms with Gasteiger partial charge in [-0.25, -0.2) is 0 Å². The summed E-state index contributed by atoms with van der Waals surface area (Å²) in [5, 5.41) is 1.36. The predicted octanol–water partition coefficient (Wildman–Crippen LogP) is 4.27. The second kappa shape index (κ2) is 5.50. The van der Waals surface area contributed by atoms with Crippen molar-refractivity contribution < 1.29 is 4.74 Å². The molecule has 1 aliphatic heterocycles. The maximum absolute atomic E-state index is 5.29. The molecule has 0 N–H and O–H groups in total. The number of fused-ring (bicyclic) bond motifs is 1. The van der Waals surface area contributed by atoms with Crippen LogP contribution in [0.4, 0.5) is 5.69 Å². The summed E-state index contributed by atoms with van der Waals surface area (Å²) in [5.74, 6) is 0.930. The Morgan fingerprint density at radius 1 is 1.35 bits per heavy atom. The molecular weight excluding hydrogens is 230 g/mol. The average molecular weight is 249 g/mol. The van der Waals surface area contributed by atoms with Gasteiger partial charge in [-0.2, -0.15) is 0 Å². The molecule has 1 aromatic rings. The number of unbranched alkanes of at least 4 members (excludes halogenated alkanes) is 1. The summed E-state index contributed by atoms with van der Waals surface area (Å²) in [5.41, 5.74) is 1.28. The standard InChI is InChI=1S/C14H19NOS/c1-4-6-7-14-15(5-2)12-10-11(16-3)8-9-13(12)17-14/h7-10H,4-6H2,1-3H3/b14-7-. The molecule has 0 bridgehead atoms. The Bertz CT molecular complexity index is 428. The van der Waals surface area contributed by atoms with Crippen LogP contribution in [0.5, 0.6) is 5.75 Å². The maximum Gasteiger partial charge on any atom is 0.121 e. The van der Waals surface area contributed by atoms with E-state index >= 15 is 0 Å². The molecule has 0 saturated heterocycles. The molecule has 1 aromatic carbocycles. The Morgan fingerprint density at radius 3 is 2.82 bits per heavy atom. The topological polar surface area (TPSA) is 12.5 Å². The van der Waals surface area contributed by atoms with E-state index in [1.807, 2.05) is 17.8 Å². The Labute approximate surface area is 108 Å². The van der Waals surface area contributed by atoms with Crippen LogP contribution >= 0.6 is 11.8 Å². The van der Waals surface area contributed by atoms with Gasteiger partial charge in [-0.15, -0.1) is 0 Å².